The fraction of sp³-hybridized carbons (Fsp3) is 0.667. The van der Waals surface area contributed by atoms with Gasteiger partial charge in [-0.2, -0.15) is 0 Å². The van der Waals surface area contributed by atoms with Crippen molar-refractivity contribution in [1.29, 1.82) is 0 Å². The molecule has 0 aliphatic heterocycles. The average molecular weight is 393 g/mol. The number of amides is 1. The Balaban J connectivity index is 1.57. The van der Waals surface area contributed by atoms with Crippen LogP contribution in [-0.2, 0) is 14.8 Å². The number of benzene rings is 1. The average Bonchev–Trinajstić information content (AvgIpc) is 3.23. The molecule has 2 aliphatic carbocycles. The normalized spacial score (nSPS) is 25.7. The van der Waals surface area contributed by atoms with Crippen molar-refractivity contribution in [2.75, 3.05) is 5.32 Å². The number of hydrogen-bond donors (Lipinski definition) is 2. The third-order valence-electron chi connectivity index (χ3n) is 6.17. The Kier molecular flexibility index (Phi) is 6.26. The summed E-state index contributed by atoms with van der Waals surface area (Å²) in [6.07, 6.45) is 6.28. The lowest BCUT2D eigenvalue weighted by Gasteiger charge is -2.28. The molecule has 0 saturated heterocycles. The molecule has 5 nitrogen and oxygen atoms in total. The highest BCUT2D eigenvalue weighted by Gasteiger charge is 2.42. The van der Waals surface area contributed by atoms with E-state index < -0.39 is 10.0 Å². The Bertz CT molecular complexity index is 758. The molecular weight excluding hydrogens is 360 g/mol. The first kappa shape index (κ1) is 20.3. The highest BCUT2D eigenvalue weighted by atomic mass is 32.2. The molecule has 1 aromatic rings. The van der Waals surface area contributed by atoms with Gasteiger partial charge in [0.1, 0.15) is 0 Å². The fourth-order valence-corrected chi connectivity index (χ4v) is 5.96. The Morgan fingerprint density at radius 1 is 1.11 bits per heavy atom. The van der Waals surface area contributed by atoms with Gasteiger partial charge in [-0.15, -0.1) is 0 Å². The van der Waals surface area contributed by atoms with Crippen molar-refractivity contribution in [3.63, 3.8) is 0 Å². The largest absolute Gasteiger partial charge is 0.326 e. The van der Waals surface area contributed by atoms with Gasteiger partial charge in [0.25, 0.3) is 0 Å². The van der Waals surface area contributed by atoms with E-state index >= 15 is 0 Å². The third-order valence-corrected chi connectivity index (χ3v) is 7.75. The smallest absolute Gasteiger partial charge is 0.240 e. The van der Waals surface area contributed by atoms with Crippen LogP contribution >= 0.6 is 0 Å². The summed E-state index contributed by atoms with van der Waals surface area (Å²) >= 11 is 0. The van der Waals surface area contributed by atoms with E-state index in [-0.39, 0.29) is 16.8 Å². The lowest BCUT2D eigenvalue weighted by molar-refractivity contribution is -0.116. The molecule has 6 heteroatoms. The Morgan fingerprint density at radius 3 is 2.37 bits per heavy atom. The molecule has 0 unspecified atom stereocenters. The zero-order valence-electron chi connectivity index (χ0n) is 16.6. The van der Waals surface area contributed by atoms with Gasteiger partial charge in [0.2, 0.25) is 15.9 Å². The second-order valence-corrected chi connectivity index (χ2v) is 10.5. The molecule has 0 radical (unpaired) electrons. The number of anilines is 1. The van der Waals surface area contributed by atoms with Crippen LogP contribution in [0.25, 0.3) is 0 Å². The van der Waals surface area contributed by atoms with Crippen LogP contribution in [0.5, 0.6) is 0 Å². The lowest BCUT2D eigenvalue weighted by Crippen LogP contribution is -2.40. The van der Waals surface area contributed by atoms with Crippen molar-refractivity contribution in [3.05, 3.63) is 24.3 Å². The van der Waals surface area contributed by atoms with Gasteiger partial charge >= 0.3 is 0 Å². The summed E-state index contributed by atoms with van der Waals surface area (Å²) in [5.41, 5.74) is 0.629. The molecule has 2 N–H and O–H groups in total. The first-order chi connectivity index (χ1) is 12.7. The van der Waals surface area contributed by atoms with Crippen LogP contribution in [0.1, 0.15) is 59.3 Å². The van der Waals surface area contributed by atoms with Gasteiger partial charge in [0.15, 0.2) is 0 Å². The Labute approximate surface area is 163 Å². The maximum Gasteiger partial charge on any atom is 0.240 e. The van der Waals surface area contributed by atoms with Crippen LogP contribution in [0.3, 0.4) is 0 Å². The number of carbonyl (C=O) groups excluding carboxylic acids is 1. The molecule has 2 fully saturated rings. The van der Waals surface area contributed by atoms with E-state index in [1.165, 1.54) is 19.3 Å². The van der Waals surface area contributed by atoms with Crippen molar-refractivity contribution in [2.45, 2.75) is 70.2 Å². The van der Waals surface area contributed by atoms with Crippen molar-refractivity contribution < 1.29 is 13.2 Å². The Hall–Kier alpha value is -1.40. The monoisotopic (exact) mass is 392 g/mol. The Morgan fingerprint density at radius 2 is 1.81 bits per heavy atom. The molecule has 1 amide bonds. The summed E-state index contributed by atoms with van der Waals surface area (Å²) in [5, 5.41) is 2.83. The minimum absolute atomic E-state index is 0.0395. The standard InChI is InChI=1S/C21H32N2O3S/c1-14(2)4-11-21(24)22-18-7-9-19(10-8-18)27(25,26)23-15(3)20-13-16-5-6-17(20)12-16/h7-10,14-17,20,23H,4-6,11-13H2,1-3H3,(H,22,24)/t15-,16+,17+,20-/m0/s1. The summed E-state index contributed by atoms with van der Waals surface area (Å²) in [6.45, 7) is 6.15. The summed E-state index contributed by atoms with van der Waals surface area (Å²) < 4.78 is 28.3. The highest BCUT2D eigenvalue weighted by Crippen LogP contribution is 2.49. The van der Waals surface area contributed by atoms with Gasteiger partial charge in [0.05, 0.1) is 4.90 Å². The van der Waals surface area contributed by atoms with Crippen LogP contribution in [0.4, 0.5) is 5.69 Å². The van der Waals surface area contributed by atoms with Gasteiger partial charge in [-0.1, -0.05) is 20.3 Å². The number of rotatable bonds is 8. The predicted molar refractivity (Wildman–Crippen MR) is 108 cm³/mol. The van der Waals surface area contributed by atoms with E-state index in [4.69, 9.17) is 0 Å². The fourth-order valence-electron chi connectivity index (χ4n) is 4.67. The second-order valence-electron chi connectivity index (χ2n) is 8.75. The molecule has 150 valence electrons. The molecule has 4 atom stereocenters. The molecule has 2 aliphatic rings. The van der Waals surface area contributed by atoms with E-state index in [9.17, 15) is 13.2 Å². The van der Waals surface area contributed by atoms with Crippen molar-refractivity contribution in [1.82, 2.24) is 4.72 Å². The molecule has 1 aromatic carbocycles. The SMILES string of the molecule is CC(C)CCC(=O)Nc1ccc(S(=O)(=O)N[C@@H](C)[C@@H]2C[C@@H]3CC[C@@H]2C3)cc1. The zero-order chi connectivity index (χ0) is 19.6. The molecule has 0 heterocycles. The van der Waals surface area contributed by atoms with Gasteiger partial charge in [0, 0.05) is 18.2 Å². The maximum atomic E-state index is 12.7. The molecule has 27 heavy (non-hydrogen) atoms. The van der Waals surface area contributed by atoms with E-state index in [1.54, 1.807) is 24.3 Å². The highest BCUT2D eigenvalue weighted by molar-refractivity contribution is 7.89. The third kappa shape index (κ3) is 5.11. The quantitative estimate of drug-likeness (QED) is 0.697. The number of fused-ring (bicyclic) bond motifs is 2. The summed E-state index contributed by atoms with van der Waals surface area (Å²) in [6, 6.07) is 6.40. The minimum Gasteiger partial charge on any atom is -0.326 e. The van der Waals surface area contributed by atoms with Gasteiger partial charge in [-0.05, 0) is 80.5 Å². The van der Waals surface area contributed by atoms with Crippen LogP contribution < -0.4 is 10.0 Å². The number of hydrogen-bond acceptors (Lipinski definition) is 3. The van der Waals surface area contributed by atoms with Gasteiger partial charge < -0.3 is 5.32 Å². The zero-order valence-corrected chi connectivity index (χ0v) is 17.4. The minimum atomic E-state index is -3.54. The predicted octanol–water partition coefficient (Wildman–Crippen LogP) is 4.16. The first-order valence-electron chi connectivity index (χ1n) is 10.2. The maximum absolute atomic E-state index is 12.7. The molecule has 2 saturated carbocycles. The number of nitrogens with one attached hydrogen (secondary N) is 2. The molecule has 0 spiro atoms. The molecule has 2 bridgehead atoms. The van der Waals surface area contributed by atoms with E-state index in [1.807, 2.05) is 6.92 Å². The van der Waals surface area contributed by atoms with E-state index in [0.717, 1.165) is 18.8 Å². The number of carbonyl (C=O) groups is 1. The summed E-state index contributed by atoms with van der Waals surface area (Å²) in [7, 11) is -3.54. The first-order valence-corrected chi connectivity index (χ1v) is 11.6. The van der Waals surface area contributed by atoms with Crippen LogP contribution in [-0.4, -0.2) is 20.4 Å². The molecule has 0 aromatic heterocycles. The van der Waals surface area contributed by atoms with Crippen molar-refractivity contribution in [3.8, 4) is 0 Å². The van der Waals surface area contributed by atoms with Crippen LogP contribution in [0.2, 0.25) is 0 Å². The molecule has 3 rings (SSSR count). The van der Waals surface area contributed by atoms with Gasteiger partial charge in [-0.25, -0.2) is 13.1 Å². The summed E-state index contributed by atoms with van der Waals surface area (Å²) in [5.74, 6) is 2.37. The van der Waals surface area contributed by atoms with E-state index in [2.05, 4.69) is 23.9 Å². The van der Waals surface area contributed by atoms with Gasteiger partial charge in [-0.3, -0.25) is 4.79 Å². The second kappa shape index (κ2) is 8.31. The molecular formula is C21H32N2O3S. The van der Waals surface area contributed by atoms with Crippen LogP contribution in [0.15, 0.2) is 29.2 Å². The topological polar surface area (TPSA) is 75.3 Å². The lowest BCUT2D eigenvalue weighted by atomic mass is 9.84. The van der Waals surface area contributed by atoms with Crippen LogP contribution in [0, 0.1) is 23.7 Å². The van der Waals surface area contributed by atoms with Crippen molar-refractivity contribution in [2.24, 2.45) is 23.7 Å². The van der Waals surface area contributed by atoms with E-state index in [0.29, 0.717) is 29.9 Å². The summed E-state index contributed by atoms with van der Waals surface area (Å²) in [4.78, 5) is 12.2. The van der Waals surface area contributed by atoms with Crippen molar-refractivity contribution >= 4 is 21.6 Å². The number of sulfonamides is 1.